The van der Waals surface area contributed by atoms with Gasteiger partial charge in [-0.15, -0.1) is 0 Å². The summed E-state index contributed by atoms with van der Waals surface area (Å²) in [4.78, 5) is 0. The molecule has 0 aromatic carbocycles. The molecule has 0 aliphatic heterocycles. The second kappa shape index (κ2) is 4.59. The molecular weight excluding hydrogens is 165 g/mol. The van der Waals surface area contributed by atoms with Crippen molar-refractivity contribution < 1.29 is 22.4 Å². The Morgan fingerprint density at radius 1 is 1.18 bits per heavy atom. The SMILES string of the molecule is F[B-](F)(F)F.c1cnn[nH+]c1. The van der Waals surface area contributed by atoms with E-state index in [-0.39, 0.29) is 0 Å². The highest BCUT2D eigenvalue weighted by atomic mass is 19.5. The van der Waals surface area contributed by atoms with Gasteiger partial charge < -0.3 is 17.3 Å². The molecule has 11 heavy (non-hydrogen) atoms. The van der Waals surface area contributed by atoms with Crippen LogP contribution in [0.1, 0.15) is 0 Å². The molecule has 1 rings (SSSR count). The number of H-pyrrole nitrogens is 1. The van der Waals surface area contributed by atoms with Crippen molar-refractivity contribution in [3.63, 3.8) is 0 Å². The number of hydrogen-bond donors (Lipinski definition) is 0. The second-order valence-electron chi connectivity index (χ2n) is 1.35. The van der Waals surface area contributed by atoms with Crippen molar-refractivity contribution >= 4 is 7.25 Å². The van der Waals surface area contributed by atoms with Crippen LogP contribution < -0.4 is 5.10 Å². The van der Waals surface area contributed by atoms with E-state index in [4.69, 9.17) is 0 Å². The quantitative estimate of drug-likeness (QED) is 0.421. The number of halogens is 4. The zero-order chi connectivity index (χ0) is 8.74. The van der Waals surface area contributed by atoms with Gasteiger partial charge in [0.05, 0.1) is 5.10 Å². The summed E-state index contributed by atoms with van der Waals surface area (Å²) in [7, 11) is -6.00. The highest BCUT2D eigenvalue weighted by Gasteiger charge is 2.20. The third-order valence-corrected chi connectivity index (χ3v) is 0.439. The van der Waals surface area contributed by atoms with Crippen molar-refractivity contribution in [2.75, 3.05) is 0 Å². The summed E-state index contributed by atoms with van der Waals surface area (Å²) in [6, 6.07) is 1.77. The van der Waals surface area contributed by atoms with Crippen molar-refractivity contribution in [3.8, 4) is 0 Å². The summed E-state index contributed by atoms with van der Waals surface area (Å²) < 4.78 is 39.0. The van der Waals surface area contributed by atoms with Gasteiger partial charge in [0.25, 0.3) is 0 Å². The Morgan fingerprint density at radius 3 is 1.82 bits per heavy atom. The summed E-state index contributed by atoms with van der Waals surface area (Å²) in [5, 5.41) is 9.42. The van der Waals surface area contributed by atoms with Crippen molar-refractivity contribution in [1.29, 1.82) is 0 Å². The van der Waals surface area contributed by atoms with E-state index in [1.165, 1.54) is 0 Å². The average Bonchev–Trinajstić information content (AvgIpc) is 1.88. The van der Waals surface area contributed by atoms with Gasteiger partial charge in [-0.25, -0.2) is 0 Å². The fourth-order valence-corrected chi connectivity index (χ4v) is 0.225. The molecule has 1 aromatic heterocycles. The van der Waals surface area contributed by atoms with Gasteiger partial charge in [-0.3, -0.25) is 0 Å². The zero-order valence-electron chi connectivity index (χ0n) is 5.22. The van der Waals surface area contributed by atoms with Gasteiger partial charge in [0.15, 0.2) is 6.20 Å². The van der Waals surface area contributed by atoms with Crippen LogP contribution in [0.2, 0.25) is 0 Å². The number of aromatic amines is 1. The maximum Gasteiger partial charge on any atom is 0.673 e. The first-order valence-corrected chi connectivity index (χ1v) is 2.51. The maximum absolute atomic E-state index is 9.75. The number of hydrogen-bond acceptors (Lipinski definition) is 2. The van der Waals surface area contributed by atoms with Crippen LogP contribution in [0.4, 0.5) is 17.3 Å². The van der Waals surface area contributed by atoms with Gasteiger partial charge in [-0.05, 0) is 0 Å². The minimum absolute atomic E-state index is 1.61. The molecule has 0 bridgehead atoms. The monoisotopic (exact) mass is 169 g/mol. The molecule has 0 aliphatic carbocycles. The van der Waals surface area contributed by atoms with E-state index in [2.05, 4.69) is 15.4 Å². The lowest BCUT2D eigenvalue weighted by Crippen LogP contribution is -2.06. The van der Waals surface area contributed by atoms with Crippen LogP contribution >= 0.6 is 0 Å². The van der Waals surface area contributed by atoms with Crippen LogP contribution in [0.15, 0.2) is 18.5 Å². The molecule has 0 radical (unpaired) electrons. The van der Waals surface area contributed by atoms with Crippen LogP contribution in [-0.2, 0) is 0 Å². The lowest BCUT2D eigenvalue weighted by molar-refractivity contribution is -0.463. The van der Waals surface area contributed by atoms with Gasteiger partial charge in [0.2, 0.25) is 0 Å². The molecule has 0 spiro atoms. The van der Waals surface area contributed by atoms with Crippen molar-refractivity contribution in [2.24, 2.45) is 0 Å². The first-order valence-electron chi connectivity index (χ1n) is 2.51. The minimum Gasteiger partial charge on any atom is -0.418 e. The molecule has 1 N–H and O–H groups in total. The van der Waals surface area contributed by atoms with Crippen LogP contribution in [0.5, 0.6) is 0 Å². The third-order valence-electron chi connectivity index (χ3n) is 0.439. The Kier molecular flexibility index (Phi) is 4.08. The lowest BCUT2D eigenvalue weighted by Gasteiger charge is -1.94. The maximum atomic E-state index is 9.75. The zero-order valence-corrected chi connectivity index (χ0v) is 5.22. The predicted molar refractivity (Wildman–Crippen MR) is 28.8 cm³/mol. The molecule has 1 heterocycles. The Morgan fingerprint density at radius 2 is 1.73 bits per heavy atom. The smallest absolute Gasteiger partial charge is 0.418 e. The van der Waals surface area contributed by atoms with Crippen molar-refractivity contribution in [1.82, 2.24) is 10.3 Å². The van der Waals surface area contributed by atoms with E-state index in [9.17, 15) is 17.3 Å². The van der Waals surface area contributed by atoms with Crippen LogP contribution in [0.25, 0.3) is 0 Å². The Hall–Kier alpha value is -1.21. The fraction of sp³-hybridized carbons (Fsp3) is 0. The molecule has 1 aromatic rings. The summed E-state index contributed by atoms with van der Waals surface area (Å²) in [6.45, 7) is 0. The number of nitrogens with one attached hydrogen (secondary N) is 1. The molecule has 3 nitrogen and oxygen atoms in total. The topological polar surface area (TPSA) is 39.9 Å². The number of aromatic nitrogens is 3. The standard InChI is InChI=1S/C3H3N3.BF4/c1-2-4-6-5-3-1;2-1(3,4)5/h1-3H;/q;-1/p+1. The van der Waals surface area contributed by atoms with Crippen molar-refractivity contribution in [2.45, 2.75) is 0 Å². The van der Waals surface area contributed by atoms with Crippen LogP contribution in [0, 0.1) is 0 Å². The Balaban J connectivity index is 0.000000187. The average molecular weight is 169 g/mol. The van der Waals surface area contributed by atoms with Gasteiger partial charge in [0, 0.05) is 6.07 Å². The Labute approximate surface area is 59.6 Å². The molecule has 0 saturated carbocycles. The molecule has 0 atom stereocenters. The molecule has 0 aliphatic rings. The van der Waals surface area contributed by atoms with Gasteiger partial charge in [-0.2, -0.15) is 5.10 Å². The summed E-state index contributed by atoms with van der Waals surface area (Å²) >= 11 is 0. The highest BCUT2D eigenvalue weighted by molar-refractivity contribution is 6.50. The molecule has 62 valence electrons. The lowest BCUT2D eigenvalue weighted by atomic mass is 10.3. The molecule has 0 amide bonds. The second-order valence-corrected chi connectivity index (χ2v) is 1.35. The first kappa shape index (κ1) is 9.79. The summed E-state index contributed by atoms with van der Waals surface area (Å²) in [5.41, 5.74) is 0. The fourth-order valence-electron chi connectivity index (χ4n) is 0.225. The van der Waals surface area contributed by atoms with E-state index in [1.54, 1.807) is 18.5 Å². The van der Waals surface area contributed by atoms with E-state index >= 15 is 0 Å². The molecule has 0 saturated heterocycles. The summed E-state index contributed by atoms with van der Waals surface area (Å²) in [5.74, 6) is 0. The van der Waals surface area contributed by atoms with Gasteiger partial charge >= 0.3 is 7.25 Å². The highest BCUT2D eigenvalue weighted by Crippen LogP contribution is 2.06. The number of nitrogens with zero attached hydrogens (tertiary/aromatic N) is 2. The first-order chi connectivity index (χ1) is 5.00. The van der Waals surface area contributed by atoms with E-state index < -0.39 is 7.25 Å². The Bertz CT molecular complexity index is 145. The molecular formula is C3H4BF4N3. The molecule has 8 heteroatoms. The van der Waals surface area contributed by atoms with E-state index in [0.29, 0.717) is 0 Å². The third kappa shape index (κ3) is 17.7. The van der Waals surface area contributed by atoms with Crippen LogP contribution in [-0.4, -0.2) is 17.6 Å². The van der Waals surface area contributed by atoms with E-state index in [1.807, 2.05) is 0 Å². The molecule has 0 unspecified atom stereocenters. The number of rotatable bonds is 0. The molecule has 0 fully saturated rings. The minimum atomic E-state index is -6.00. The largest absolute Gasteiger partial charge is 0.673 e. The van der Waals surface area contributed by atoms with E-state index in [0.717, 1.165) is 0 Å². The van der Waals surface area contributed by atoms with Crippen molar-refractivity contribution in [3.05, 3.63) is 18.5 Å². The predicted octanol–water partition coefficient (Wildman–Crippen LogP) is 0.591. The van der Waals surface area contributed by atoms with Gasteiger partial charge in [-0.1, -0.05) is 0 Å². The van der Waals surface area contributed by atoms with Gasteiger partial charge in [0.1, 0.15) is 11.4 Å². The van der Waals surface area contributed by atoms with Crippen LogP contribution in [0.3, 0.4) is 0 Å². The summed E-state index contributed by atoms with van der Waals surface area (Å²) in [6.07, 6.45) is 3.31. The normalized spacial score (nSPS) is 9.82.